The molecule has 0 spiro atoms. The van der Waals surface area contributed by atoms with Crippen molar-refractivity contribution in [3.63, 3.8) is 0 Å². The van der Waals surface area contributed by atoms with Crippen LogP contribution in [0.25, 0.3) is 0 Å². The molecule has 0 aliphatic carbocycles. The summed E-state index contributed by atoms with van der Waals surface area (Å²) in [6, 6.07) is 23.5. The molecule has 5 heteroatoms. The number of nitrogens with one attached hydrogen (secondary N) is 1. The molecule has 1 atom stereocenters. The largest absolute Gasteiger partial charge is 0.467 e. The van der Waals surface area contributed by atoms with Crippen molar-refractivity contribution in [3.05, 3.63) is 95.9 Å². The molecule has 0 bridgehead atoms. The van der Waals surface area contributed by atoms with E-state index in [1.807, 2.05) is 72.8 Å². The lowest BCUT2D eigenvalue weighted by molar-refractivity contribution is -0.129. The maximum absolute atomic E-state index is 12.7. The molecule has 0 saturated heterocycles. The molecule has 5 nitrogen and oxygen atoms in total. The standard InChI is InChI=1S/C22H21N3O2/c26-21(25-14-13-19(24-25)17-8-3-1-4-9-17)16-23-22(20-12-7-15-27-20)18-10-5-2-6-11-18/h1-12,15,22-23H,13-14,16H2/t22-/m0/s1. The van der Waals surface area contributed by atoms with E-state index in [0.29, 0.717) is 6.54 Å². The van der Waals surface area contributed by atoms with Crippen LogP contribution in [0.2, 0.25) is 0 Å². The molecule has 0 unspecified atom stereocenters. The Hall–Kier alpha value is -3.18. The second-order valence-corrected chi connectivity index (χ2v) is 6.42. The number of carbonyl (C=O) groups is 1. The van der Waals surface area contributed by atoms with Gasteiger partial charge < -0.3 is 4.42 Å². The van der Waals surface area contributed by atoms with Gasteiger partial charge in [0.1, 0.15) is 5.76 Å². The summed E-state index contributed by atoms with van der Waals surface area (Å²) in [5.41, 5.74) is 3.07. The van der Waals surface area contributed by atoms with Crippen molar-refractivity contribution in [3.8, 4) is 0 Å². The Morgan fingerprint density at radius 2 is 1.78 bits per heavy atom. The minimum Gasteiger partial charge on any atom is -0.467 e. The normalized spacial score (nSPS) is 14.8. The maximum Gasteiger partial charge on any atom is 0.256 e. The Morgan fingerprint density at radius 1 is 1.04 bits per heavy atom. The zero-order valence-electron chi connectivity index (χ0n) is 14.9. The zero-order valence-corrected chi connectivity index (χ0v) is 14.9. The molecule has 2 heterocycles. The highest BCUT2D eigenvalue weighted by molar-refractivity contribution is 6.02. The van der Waals surface area contributed by atoms with Crippen molar-refractivity contribution in [1.29, 1.82) is 0 Å². The first-order valence-electron chi connectivity index (χ1n) is 9.06. The van der Waals surface area contributed by atoms with E-state index < -0.39 is 0 Å². The molecule has 136 valence electrons. The third-order valence-electron chi connectivity index (χ3n) is 4.61. The molecule has 1 amide bonds. The number of nitrogens with zero attached hydrogens (tertiary/aromatic N) is 2. The van der Waals surface area contributed by atoms with Crippen molar-refractivity contribution < 1.29 is 9.21 Å². The van der Waals surface area contributed by atoms with Crippen molar-refractivity contribution in [2.24, 2.45) is 5.10 Å². The molecule has 1 aliphatic heterocycles. The summed E-state index contributed by atoms with van der Waals surface area (Å²) >= 11 is 0. The van der Waals surface area contributed by atoms with Gasteiger partial charge in [0.05, 0.1) is 31.1 Å². The van der Waals surface area contributed by atoms with Gasteiger partial charge in [-0.3, -0.25) is 10.1 Å². The number of hydrazone groups is 1. The van der Waals surface area contributed by atoms with Crippen LogP contribution in [0.4, 0.5) is 0 Å². The van der Waals surface area contributed by atoms with Crippen LogP contribution in [0.5, 0.6) is 0 Å². The molecule has 0 saturated carbocycles. The van der Waals surface area contributed by atoms with Gasteiger partial charge in [0.15, 0.2) is 0 Å². The van der Waals surface area contributed by atoms with Crippen molar-refractivity contribution >= 4 is 11.6 Å². The van der Waals surface area contributed by atoms with Crippen LogP contribution in [0.3, 0.4) is 0 Å². The quantitative estimate of drug-likeness (QED) is 0.732. The third kappa shape index (κ3) is 3.99. The number of benzene rings is 2. The average Bonchev–Trinajstić information content (AvgIpc) is 3.42. The molecule has 1 N–H and O–H groups in total. The molecule has 4 rings (SSSR count). The highest BCUT2D eigenvalue weighted by Gasteiger charge is 2.23. The van der Waals surface area contributed by atoms with E-state index >= 15 is 0 Å². The first-order valence-corrected chi connectivity index (χ1v) is 9.06. The summed E-state index contributed by atoms with van der Waals surface area (Å²) < 4.78 is 5.57. The molecule has 1 aliphatic rings. The van der Waals surface area contributed by atoms with Crippen LogP contribution in [-0.4, -0.2) is 29.7 Å². The number of carbonyl (C=O) groups excluding carboxylic acids is 1. The monoisotopic (exact) mass is 359 g/mol. The summed E-state index contributed by atoms with van der Waals surface area (Å²) in [7, 11) is 0. The summed E-state index contributed by atoms with van der Waals surface area (Å²) in [4.78, 5) is 12.7. The topological polar surface area (TPSA) is 57.8 Å². The Balaban J connectivity index is 1.44. The predicted molar refractivity (Wildman–Crippen MR) is 104 cm³/mol. The number of hydrogen-bond donors (Lipinski definition) is 1. The van der Waals surface area contributed by atoms with Gasteiger partial charge in [0.25, 0.3) is 5.91 Å². The van der Waals surface area contributed by atoms with E-state index in [-0.39, 0.29) is 18.5 Å². The summed E-state index contributed by atoms with van der Waals surface area (Å²) in [5.74, 6) is 0.734. The summed E-state index contributed by atoms with van der Waals surface area (Å²) in [5, 5.41) is 9.38. The van der Waals surface area contributed by atoms with Crippen molar-refractivity contribution in [2.45, 2.75) is 12.5 Å². The fraction of sp³-hybridized carbons (Fsp3) is 0.182. The molecular formula is C22H21N3O2. The van der Waals surface area contributed by atoms with Crippen LogP contribution >= 0.6 is 0 Å². The lowest BCUT2D eigenvalue weighted by Crippen LogP contribution is -2.35. The van der Waals surface area contributed by atoms with E-state index in [2.05, 4.69) is 10.4 Å². The maximum atomic E-state index is 12.7. The predicted octanol–water partition coefficient (Wildman–Crippen LogP) is 3.60. The molecule has 1 aromatic heterocycles. The number of hydrogen-bond acceptors (Lipinski definition) is 4. The molecular weight excluding hydrogens is 338 g/mol. The Morgan fingerprint density at radius 3 is 2.48 bits per heavy atom. The lowest BCUT2D eigenvalue weighted by Gasteiger charge is -2.18. The number of amides is 1. The fourth-order valence-electron chi connectivity index (χ4n) is 3.23. The zero-order chi connectivity index (χ0) is 18.5. The van der Waals surface area contributed by atoms with Gasteiger partial charge in [-0.25, -0.2) is 5.01 Å². The summed E-state index contributed by atoms with van der Waals surface area (Å²) in [6.07, 6.45) is 2.42. The van der Waals surface area contributed by atoms with Crippen LogP contribution in [-0.2, 0) is 4.79 Å². The van der Waals surface area contributed by atoms with Crippen LogP contribution in [0.15, 0.2) is 88.6 Å². The van der Waals surface area contributed by atoms with Crippen molar-refractivity contribution in [2.75, 3.05) is 13.1 Å². The highest BCUT2D eigenvalue weighted by Crippen LogP contribution is 2.22. The van der Waals surface area contributed by atoms with Gasteiger partial charge in [-0.1, -0.05) is 60.7 Å². The molecule has 0 radical (unpaired) electrons. The minimum absolute atomic E-state index is 0.0478. The van der Waals surface area contributed by atoms with Crippen LogP contribution in [0, 0.1) is 0 Å². The summed E-state index contributed by atoms with van der Waals surface area (Å²) in [6.45, 7) is 0.799. The van der Waals surface area contributed by atoms with Gasteiger partial charge in [-0.15, -0.1) is 0 Å². The first kappa shape index (κ1) is 17.2. The van der Waals surface area contributed by atoms with E-state index in [4.69, 9.17) is 4.42 Å². The van der Waals surface area contributed by atoms with Gasteiger partial charge in [0, 0.05) is 6.42 Å². The number of furan rings is 1. The third-order valence-corrected chi connectivity index (χ3v) is 4.61. The Bertz CT molecular complexity index is 905. The van der Waals surface area contributed by atoms with Gasteiger partial charge in [0.2, 0.25) is 0 Å². The van der Waals surface area contributed by atoms with Crippen LogP contribution < -0.4 is 5.32 Å². The molecule has 27 heavy (non-hydrogen) atoms. The molecule has 0 fully saturated rings. The van der Waals surface area contributed by atoms with Gasteiger partial charge in [-0.2, -0.15) is 5.10 Å². The van der Waals surface area contributed by atoms with Gasteiger partial charge in [-0.05, 0) is 23.3 Å². The average molecular weight is 359 g/mol. The second kappa shape index (κ2) is 8.01. The van der Waals surface area contributed by atoms with Crippen molar-refractivity contribution in [1.82, 2.24) is 10.3 Å². The number of rotatable bonds is 6. The SMILES string of the molecule is O=C(CN[C@@H](c1ccccc1)c1ccco1)N1CCC(c2ccccc2)=N1. The minimum atomic E-state index is -0.176. The van der Waals surface area contributed by atoms with E-state index in [1.54, 1.807) is 11.3 Å². The Kier molecular flexibility index (Phi) is 5.12. The molecule has 2 aromatic carbocycles. The van der Waals surface area contributed by atoms with E-state index in [9.17, 15) is 4.79 Å². The van der Waals surface area contributed by atoms with Crippen LogP contribution in [0.1, 0.15) is 29.3 Å². The van der Waals surface area contributed by atoms with E-state index in [0.717, 1.165) is 29.0 Å². The lowest BCUT2D eigenvalue weighted by atomic mass is 10.0. The fourth-order valence-corrected chi connectivity index (χ4v) is 3.23. The second-order valence-electron chi connectivity index (χ2n) is 6.42. The van der Waals surface area contributed by atoms with E-state index in [1.165, 1.54) is 0 Å². The van der Waals surface area contributed by atoms with Gasteiger partial charge >= 0.3 is 0 Å². The Labute approximate surface area is 158 Å². The molecule has 3 aromatic rings. The first-order chi connectivity index (χ1) is 13.3. The highest BCUT2D eigenvalue weighted by atomic mass is 16.3. The smallest absolute Gasteiger partial charge is 0.256 e.